The molecule has 1 aromatic carbocycles. The van der Waals surface area contributed by atoms with Gasteiger partial charge in [0.1, 0.15) is 12.0 Å². The van der Waals surface area contributed by atoms with Crippen LogP contribution in [0.25, 0.3) is 0 Å². The molecule has 1 saturated carbocycles. The Labute approximate surface area is 152 Å². The minimum Gasteiger partial charge on any atom is -0.467 e. The number of carbonyl (C=O) groups excluding carboxylic acids is 1. The molecule has 1 heterocycles. The topological polar surface area (TPSA) is 114 Å². The molecule has 4 N–H and O–H groups in total. The van der Waals surface area contributed by atoms with Crippen molar-refractivity contribution < 1.29 is 17.6 Å². The summed E-state index contributed by atoms with van der Waals surface area (Å²) in [5, 5.41) is 2.67. The molecule has 3 rings (SSSR count). The van der Waals surface area contributed by atoms with Crippen LogP contribution in [-0.2, 0) is 16.6 Å². The Kier molecular flexibility index (Phi) is 5.89. The molecule has 0 radical (unpaired) electrons. The predicted octanol–water partition coefficient (Wildman–Crippen LogP) is 2.16. The van der Waals surface area contributed by atoms with Crippen LogP contribution in [0, 0.1) is 6.92 Å². The third-order valence-corrected chi connectivity index (χ3v) is 5.41. The second kappa shape index (κ2) is 7.57. The lowest BCUT2D eigenvalue weighted by Gasteiger charge is -2.11. The number of nitrogens with one attached hydrogen (secondary N) is 2. The number of sulfonamides is 1. The van der Waals surface area contributed by atoms with E-state index < -0.39 is 10.0 Å². The summed E-state index contributed by atoms with van der Waals surface area (Å²) in [6, 6.07) is 6.36. The Morgan fingerprint density at radius 3 is 2.64 bits per heavy atom. The van der Waals surface area contributed by atoms with Gasteiger partial charge >= 0.3 is 0 Å². The number of carbonyl (C=O) groups is 1. The van der Waals surface area contributed by atoms with Crippen molar-refractivity contribution in [3.8, 4) is 0 Å². The van der Waals surface area contributed by atoms with Gasteiger partial charge in [0.05, 0.1) is 17.0 Å². The molecule has 0 saturated heterocycles. The number of nitrogens with two attached hydrogens (primary N) is 1. The molecule has 1 aliphatic carbocycles. The number of hydrogen-bond donors (Lipinski definition) is 3. The van der Waals surface area contributed by atoms with Crippen molar-refractivity contribution in [2.75, 3.05) is 5.32 Å². The van der Waals surface area contributed by atoms with E-state index in [0.717, 1.165) is 12.8 Å². The number of halogens is 1. The lowest BCUT2D eigenvalue weighted by atomic mass is 10.2. The quantitative estimate of drug-likeness (QED) is 0.704. The van der Waals surface area contributed by atoms with Gasteiger partial charge < -0.3 is 15.5 Å². The molecule has 1 fully saturated rings. The van der Waals surface area contributed by atoms with E-state index in [4.69, 9.17) is 10.2 Å². The number of anilines is 1. The van der Waals surface area contributed by atoms with Crippen LogP contribution < -0.4 is 15.8 Å². The molecular formula is C16H20ClN3O4S. The van der Waals surface area contributed by atoms with Gasteiger partial charge in [-0.2, -0.15) is 0 Å². The van der Waals surface area contributed by atoms with E-state index in [1.54, 1.807) is 25.1 Å². The highest BCUT2D eigenvalue weighted by molar-refractivity contribution is 7.89. The molecule has 0 atom stereocenters. The highest BCUT2D eigenvalue weighted by Crippen LogP contribution is 2.25. The average molecular weight is 386 g/mol. The summed E-state index contributed by atoms with van der Waals surface area (Å²) in [5.74, 6) is 0.113. The number of benzene rings is 1. The number of rotatable bonds is 6. The first kappa shape index (κ1) is 19.5. The molecule has 136 valence electrons. The van der Waals surface area contributed by atoms with Crippen LogP contribution in [0.1, 0.15) is 34.5 Å². The molecule has 0 aliphatic heterocycles. The standard InChI is InChI=1S/C16H19N3O4S.ClH/c1-10-2-3-13(7-15(10)24(21,22)19-12-4-5-12)18-16(20)11-6-14(8-17)23-9-11;/h2-3,6-7,9,12,19H,4-5,8,17H2,1H3,(H,18,20);1H. The highest BCUT2D eigenvalue weighted by atomic mass is 35.5. The monoisotopic (exact) mass is 385 g/mol. The van der Waals surface area contributed by atoms with Crippen molar-refractivity contribution in [3.63, 3.8) is 0 Å². The smallest absolute Gasteiger partial charge is 0.258 e. The molecular weight excluding hydrogens is 366 g/mol. The van der Waals surface area contributed by atoms with Gasteiger partial charge in [-0.1, -0.05) is 6.07 Å². The van der Waals surface area contributed by atoms with Crippen LogP contribution in [0.4, 0.5) is 5.69 Å². The van der Waals surface area contributed by atoms with Gasteiger partial charge in [-0.25, -0.2) is 13.1 Å². The van der Waals surface area contributed by atoms with Gasteiger partial charge in [-0.05, 0) is 43.5 Å². The predicted molar refractivity (Wildman–Crippen MR) is 96.3 cm³/mol. The van der Waals surface area contributed by atoms with Gasteiger partial charge in [0.15, 0.2) is 0 Å². The number of amides is 1. The molecule has 0 unspecified atom stereocenters. The first-order valence-corrected chi connectivity index (χ1v) is 9.09. The van der Waals surface area contributed by atoms with Gasteiger partial charge in [0, 0.05) is 11.7 Å². The lowest BCUT2D eigenvalue weighted by Crippen LogP contribution is -2.26. The summed E-state index contributed by atoms with van der Waals surface area (Å²) in [6.07, 6.45) is 3.04. The van der Waals surface area contributed by atoms with Crippen LogP contribution >= 0.6 is 12.4 Å². The Balaban J connectivity index is 0.00000225. The van der Waals surface area contributed by atoms with Crippen LogP contribution in [0.2, 0.25) is 0 Å². The third kappa shape index (κ3) is 4.60. The lowest BCUT2D eigenvalue weighted by molar-refractivity contribution is 0.102. The van der Waals surface area contributed by atoms with E-state index in [1.807, 2.05) is 0 Å². The maximum Gasteiger partial charge on any atom is 0.258 e. The van der Waals surface area contributed by atoms with Gasteiger partial charge in [0.2, 0.25) is 10.0 Å². The van der Waals surface area contributed by atoms with Crippen molar-refractivity contribution in [2.24, 2.45) is 5.73 Å². The molecule has 7 nitrogen and oxygen atoms in total. The molecule has 1 aliphatic rings. The number of furan rings is 1. The van der Waals surface area contributed by atoms with Crippen molar-refractivity contribution in [1.29, 1.82) is 0 Å². The zero-order valence-electron chi connectivity index (χ0n) is 13.6. The van der Waals surface area contributed by atoms with E-state index in [9.17, 15) is 13.2 Å². The van der Waals surface area contributed by atoms with Crippen molar-refractivity contribution in [1.82, 2.24) is 4.72 Å². The summed E-state index contributed by atoms with van der Waals surface area (Å²) >= 11 is 0. The van der Waals surface area contributed by atoms with Crippen LogP contribution in [0.15, 0.2) is 39.8 Å². The average Bonchev–Trinajstić information content (AvgIpc) is 3.20. The summed E-state index contributed by atoms with van der Waals surface area (Å²) < 4.78 is 32.6. The van der Waals surface area contributed by atoms with E-state index in [1.165, 1.54) is 12.3 Å². The molecule has 2 aromatic rings. The van der Waals surface area contributed by atoms with E-state index in [0.29, 0.717) is 22.6 Å². The molecule has 0 spiro atoms. The maximum absolute atomic E-state index is 12.4. The fourth-order valence-corrected chi connectivity index (χ4v) is 3.84. The summed E-state index contributed by atoms with van der Waals surface area (Å²) in [5.41, 5.74) is 6.80. The van der Waals surface area contributed by atoms with Gasteiger partial charge in [-0.3, -0.25) is 4.79 Å². The normalized spacial score (nSPS) is 14.0. The van der Waals surface area contributed by atoms with E-state index in [2.05, 4.69) is 10.0 Å². The molecule has 25 heavy (non-hydrogen) atoms. The van der Waals surface area contributed by atoms with E-state index in [-0.39, 0.29) is 35.8 Å². The minimum atomic E-state index is -3.59. The second-order valence-corrected chi connectivity index (χ2v) is 7.52. The van der Waals surface area contributed by atoms with Crippen LogP contribution in [-0.4, -0.2) is 20.4 Å². The van der Waals surface area contributed by atoms with Gasteiger partial charge in [-0.15, -0.1) is 12.4 Å². The number of hydrogen-bond acceptors (Lipinski definition) is 5. The molecule has 0 bridgehead atoms. The highest BCUT2D eigenvalue weighted by Gasteiger charge is 2.29. The van der Waals surface area contributed by atoms with E-state index >= 15 is 0 Å². The van der Waals surface area contributed by atoms with Crippen molar-refractivity contribution >= 4 is 34.0 Å². The Morgan fingerprint density at radius 2 is 2.04 bits per heavy atom. The Morgan fingerprint density at radius 1 is 1.32 bits per heavy atom. The summed E-state index contributed by atoms with van der Waals surface area (Å²) in [7, 11) is -3.59. The zero-order valence-corrected chi connectivity index (χ0v) is 15.2. The van der Waals surface area contributed by atoms with Crippen molar-refractivity contribution in [3.05, 3.63) is 47.4 Å². The number of aryl methyl sites for hydroxylation is 1. The summed E-state index contributed by atoms with van der Waals surface area (Å²) in [6.45, 7) is 1.92. The molecule has 1 aromatic heterocycles. The SMILES string of the molecule is Cc1ccc(NC(=O)c2coc(CN)c2)cc1S(=O)(=O)NC1CC1.Cl. The summed E-state index contributed by atoms with van der Waals surface area (Å²) in [4.78, 5) is 12.4. The first-order valence-electron chi connectivity index (χ1n) is 7.61. The Hall–Kier alpha value is -1.87. The third-order valence-electron chi connectivity index (χ3n) is 3.75. The fraction of sp³-hybridized carbons (Fsp3) is 0.312. The first-order chi connectivity index (χ1) is 11.4. The zero-order chi connectivity index (χ0) is 17.3. The molecule has 9 heteroatoms. The maximum atomic E-state index is 12.4. The minimum absolute atomic E-state index is 0. The largest absolute Gasteiger partial charge is 0.467 e. The van der Waals surface area contributed by atoms with Crippen LogP contribution in [0.5, 0.6) is 0 Å². The fourth-order valence-electron chi connectivity index (χ4n) is 2.26. The molecule has 1 amide bonds. The Bertz CT molecular complexity index is 875. The van der Waals surface area contributed by atoms with Crippen LogP contribution in [0.3, 0.4) is 0 Å². The van der Waals surface area contributed by atoms with Gasteiger partial charge in [0.25, 0.3) is 5.91 Å². The second-order valence-electron chi connectivity index (χ2n) is 5.84. The van der Waals surface area contributed by atoms with Crippen molar-refractivity contribution in [2.45, 2.75) is 37.2 Å².